The molecule has 1 amide bonds. The SMILES string of the molecule is CCc1cc2c(N3CCN(C(=O)c4cnc5cc(C)nn5c4C)CC3)ncnc2s1. The lowest BCUT2D eigenvalue weighted by molar-refractivity contribution is 0.0744. The lowest BCUT2D eigenvalue weighted by atomic mass is 10.2. The Bertz CT molecular complexity index is 1250. The molecule has 0 saturated carbocycles. The fourth-order valence-electron chi connectivity index (χ4n) is 3.98. The maximum Gasteiger partial charge on any atom is 0.257 e. The predicted octanol–water partition coefficient (Wildman–Crippen LogP) is 2.88. The van der Waals surface area contributed by atoms with Crippen LogP contribution in [0.25, 0.3) is 15.9 Å². The van der Waals surface area contributed by atoms with Crippen LogP contribution in [0.15, 0.2) is 24.7 Å². The first-order valence-electron chi connectivity index (χ1n) is 10.1. The van der Waals surface area contributed by atoms with Crippen molar-refractivity contribution in [2.24, 2.45) is 0 Å². The second-order valence-corrected chi connectivity index (χ2v) is 8.69. The second kappa shape index (κ2) is 7.32. The lowest BCUT2D eigenvalue weighted by Gasteiger charge is -2.35. The molecule has 0 aromatic carbocycles. The molecule has 0 spiro atoms. The summed E-state index contributed by atoms with van der Waals surface area (Å²) in [6, 6.07) is 4.11. The van der Waals surface area contributed by atoms with Crippen LogP contribution in [-0.4, -0.2) is 61.6 Å². The standard InChI is InChI=1S/C21H23N7OS/c1-4-15-10-16-19(23-12-24-20(16)30-15)26-5-7-27(8-6-26)21(29)17-11-22-18-9-13(2)25-28(18)14(17)3/h9-12H,4-8H2,1-3H3. The zero-order chi connectivity index (χ0) is 20.8. The van der Waals surface area contributed by atoms with Crippen molar-refractivity contribution in [1.82, 2.24) is 29.5 Å². The van der Waals surface area contributed by atoms with E-state index in [-0.39, 0.29) is 5.91 Å². The van der Waals surface area contributed by atoms with E-state index >= 15 is 0 Å². The van der Waals surface area contributed by atoms with Crippen LogP contribution >= 0.6 is 11.3 Å². The maximum absolute atomic E-state index is 13.2. The normalized spacial score (nSPS) is 14.8. The molecular formula is C21H23N7OS. The van der Waals surface area contributed by atoms with Crippen LogP contribution in [0, 0.1) is 13.8 Å². The molecule has 1 aliphatic rings. The van der Waals surface area contributed by atoms with Crippen LogP contribution in [0.1, 0.15) is 33.5 Å². The van der Waals surface area contributed by atoms with Gasteiger partial charge >= 0.3 is 0 Å². The van der Waals surface area contributed by atoms with Gasteiger partial charge in [-0.3, -0.25) is 4.79 Å². The van der Waals surface area contributed by atoms with Crippen LogP contribution < -0.4 is 4.90 Å². The van der Waals surface area contributed by atoms with E-state index in [1.807, 2.05) is 24.8 Å². The number of carbonyl (C=O) groups excluding carboxylic acids is 1. The van der Waals surface area contributed by atoms with Crippen LogP contribution in [0.3, 0.4) is 0 Å². The first kappa shape index (κ1) is 18.9. The highest BCUT2D eigenvalue weighted by molar-refractivity contribution is 7.18. The van der Waals surface area contributed by atoms with E-state index in [9.17, 15) is 4.79 Å². The fourth-order valence-corrected chi connectivity index (χ4v) is 4.91. The maximum atomic E-state index is 13.2. The number of rotatable bonds is 3. The van der Waals surface area contributed by atoms with E-state index in [1.54, 1.807) is 28.4 Å². The summed E-state index contributed by atoms with van der Waals surface area (Å²) in [7, 11) is 0. The number of hydrogen-bond donors (Lipinski definition) is 0. The number of nitrogens with zero attached hydrogens (tertiary/aromatic N) is 7. The average molecular weight is 422 g/mol. The third kappa shape index (κ3) is 3.09. The molecule has 0 aliphatic carbocycles. The zero-order valence-electron chi connectivity index (χ0n) is 17.3. The van der Waals surface area contributed by atoms with Gasteiger partial charge in [-0.15, -0.1) is 11.3 Å². The van der Waals surface area contributed by atoms with Gasteiger partial charge in [0, 0.05) is 43.3 Å². The van der Waals surface area contributed by atoms with Gasteiger partial charge in [-0.1, -0.05) is 6.92 Å². The van der Waals surface area contributed by atoms with E-state index in [0.29, 0.717) is 18.7 Å². The molecule has 0 atom stereocenters. The Labute approximate surface area is 178 Å². The molecule has 1 fully saturated rings. The molecule has 0 radical (unpaired) electrons. The summed E-state index contributed by atoms with van der Waals surface area (Å²) in [6.45, 7) is 8.77. The summed E-state index contributed by atoms with van der Waals surface area (Å²) in [5.41, 5.74) is 3.08. The van der Waals surface area contributed by atoms with Crippen molar-refractivity contribution in [2.45, 2.75) is 27.2 Å². The number of aromatic nitrogens is 5. The molecule has 8 nitrogen and oxygen atoms in total. The molecule has 30 heavy (non-hydrogen) atoms. The van der Waals surface area contributed by atoms with E-state index in [1.165, 1.54) is 4.88 Å². The first-order chi connectivity index (χ1) is 14.5. The third-order valence-electron chi connectivity index (χ3n) is 5.65. The highest BCUT2D eigenvalue weighted by Gasteiger charge is 2.26. The Morgan fingerprint density at radius 3 is 2.67 bits per heavy atom. The Kier molecular flexibility index (Phi) is 4.62. The molecule has 1 aliphatic heterocycles. The van der Waals surface area contributed by atoms with Crippen molar-refractivity contribution in [3.63, 3.8) is 0 Å². The quantitative estimate of drug-likeness (QED) is 0.506. The number of fused-ring (bicyclic) bond motifs is 2. The third-order valence-corrected chi connectivity index (χ3v) is 6.84. The second-order valence-electron chi connectivity index (χ2n) is 7.57. The topological polar surface area (TPSA) is 79.5 Å². The first-order valence-corrected chi connectivity index (χ1v) is 11.0. The number of aryl methyl sites for hydroxylation is 3. The summed E-state index contributed by atoms with van der Waals surface area (Å²) >= 11 is 1.72. The van der Waals surface area contributed by atoms with Crippen LogP contribution in [-0.2, 0) is 6.42 Å². The van der Waals surface area contributed by atoms with E-state index in [0.717, 1.165) is 52.6 Å². The molecule has 4 aromatic rings. The van der Waals surface area contributed by atoms with Gasteiger partial charge in [0.2, 0.25) is 0 Å². The molecule has 0 unspecified atom stereocenters. The van der Waals surface area contributed by atoms with Crippen LogP contribution in [0.4, 0.5) is 5.82 Å². The number of carbonyl (C=O) groups is 1. The number of thiophene rings is 1. The summed E-state index contributed by atoms with van der Waals surface area (Å²) in [5, 5.41) is 5.56. The highest BCUT2D eigenvalue weighted by Crippen LogP contribution is 2.31. The van der Waals surface area contributed by atoms with Gasteiger partial charge < -0.3 is 9.80 Å². The smallest absolute Gasteiger partial charge is 0.257 e. The molecule has 4 aromatic heterocycles. The van der Waals surface area contributed by atoms with Gasteiger partial charge in [-0.2, -0.15) is 5.10 Å². The number of amides is 1. The Hall–Kier alpha value is -3.07. The minimum Gasteiger partial charge on any atom is -0.352 e. The Balaban J connectivity index is 1.36. The number of hydrogen-bond acceptors (Lipinski definition) is 7. The van der Waals surface area contributed by atoms with Crippen molar-refractivity contribution in [1.29, 1.82) is 0 Å². The summed E-state index contributed by atoms with van der Waals surface area (Å²) in [6.07, 6.45) is 4.31. The van der Waals surface area contributed by atoms with Crippen molar-refractivity contribution in [3.05, 3.63) is 46.5 Å². The Morgan fingerprint density at radius 2 is 1.90 bits per heavy atom. The van der Waals surface area contributed by atoms with Crippen molar-refractivity contribution >= 4 is 38.9 Å². The van der Waals surface area contributed by atoms with Gasteiger partial charge in [-0.05, 0) is 26.3 Å². The summed E-state index contributed by atoms with van der Waals surface area (Å²) in [4.78, 5) is 33.1. The highest BCUT2D eigenvalue weighted by atomic mass is 32.1. The molecule has 0 N–H and O–H groups in total. The van der Waals surface area contributed by atoms with E-state index < -0.39 is 0 Å². The average Bonchev–Trinajstić information content (AvgIpc) is 3.36. The van der Waals surface area contributed by atoms with Crippen molar-refractivity contribution in [2.75, 3.05) is 31.1 Å². The molecule has 9 heteroatoms. The van der Waals surface area contributed by atoms with Gasteiger partial charge in [0.15, 0.2) is 5.65 Å². The van der Waals surface area contributed by atoms with Crippen LogP contribution in [0.2, 0.25) is 0 Å². The molecular weight excluding hydrogens is 398 g/mol. The largest absolute Gasteiger partial charge is 0.352 e. The molecule has 5 rings (SSSR count). The minimum atomic E-state index is 0.00587. The minimum absolute atomic E-state index is 0.00587. The fraction of sp³-hybridized carbons (Fsp3) is 0.381. The summed E-state index contributed by atoms with van der Waals surface area (Å²) in [5.74, 6) is 0.973. The van der Waals surface area contributed by atoms with Crippen molar-refractivity contribution < 1.29 is 4.79 Å². The van der Waals surface area contributed by atoms with Gasteiger partial charge in [0.25, 0.3) is 5.91 Å². The number of anilines is 1. The van der Waals surface area contributed by atoms with Gasteiger partial charge in [0.05, 0.1) is 22.3 Å². The lowest BCUT2D eigenvalue weighted by Crippen LogP contribution is -2.49. The van der Waals surface area contributed by atoms with E-state index in [4.69, 9.17) is 0 Å². The monoisotopic (exact) mass is 421 g/mol. The number of piperazine rings is 1. The van der Waals surface area contributed by atoms with Gasteiger partial charge in [-0.25, -0.2) is 19.5 Å². The predicted molar refractivity (Wildman–Crippen MR) is 117 cm³/mol. The molecule has 154 valence electrons. The molecule has 0 bridgehead atoms. The molecule has 5 heterocycles. The summed E-state index contributed by atoms with van der Waals surface area (Å²) < 4.78 is 1.75. The van der Waals surface area contributed by atoms with Crippen LogP contribution in [0.5, 0.6) is 0 Å². The van der Waals surface area contributed by atoms with E-state index in [2.05, 4.69) is 37.9 Å². The molecule has 1 saturated heterocycles. The zero-order valence-corrected chi connectivity index (χ0v) is 18.1. The van der Waals surface area contributed by atoms with Crippen molar-refractivity contribution in [3.8, 4) is 0 Å². The van der Waals surface area contributed by atoms with Gasteiger partial charge in [0.1, 0.15) is 17.0 Å². The Morgan fingerprint density at radius 1 is 1.10 bits per heavy atom.